The van der Waals surface area contributed by atoms with Gasteiger partial charge in [0.15, 0.2) is 0 Å². The van der Waals surface area contributed by atoms with Gasteiger partial charge < -0.3 is 9.15 Å². The van der Waals surface area contributed by atoms with Crippen molar-refractivity contribution in [1.82, 2.24) is 4.90 Å². The number of furan rings is 1. The van der Waals surface area contributed by atoms with Crippen molar-refractivity contribution in [3.8, 4) is 0 Å². The molecule has 2 aromatic rings. The maximum atomic E-state index is 5.97. The summed E-state index contributed by atoms with van der Waals surface area (Å²) in [5.41, 5.74) is 2.24. The number of hydrogen-bond donors (Lipinski definition) is 0. The molecule has 19 heavy (non-hydrogen) atoms. The number of rotatable bonds is 7. The summed E-state index contributed by atoms with van der Waals surface area (Å²) in [7, 11) is 1.75. The number of benzene rings is 1. The summed E-state index contributed by atoms with van der Waals surface area (Å²) in [4.78, 5) is 2.38. The first-order valence-electron chi connectivity index (χ1n) is 6.94. The Kier molecular flexibility index (Phi) is 5.00. The lowest BCUT2D eigenvalue weighted by molar-refractivity contribution is 0.139. The van der Waals surface area contributed by atoms with Gasteiger partial charge in [0.1, 0.15) is 11.3 Å². The minimum atomic E-state index is 0.763. The molecular weight excluding hydrogens is 238 g/mol. The van der Waals surface area contributed by atoms with E-state index in [4.69, 9.17) is 9.15 Å². The fourth-order valence-corrected chi connectivity index (χ4v) is 2.39. The summed E-state index contributed by atoms with van der Waals surface area (Å²) in [6.45, 7) is 7.98. The number of ether oxygens (including phenoxy) is 1. The molecule has 0 amide bonds. The van der Waals surface area contributed by atoms with Gasteiger partial charge in [0.25, 0.3) is 0 Å². The lowest BCUT2D eigenvalue weighted by atomic mass is 10.1. The Morgan fingerprint density at radius 2 is 2.00 bits per heavy atom. The van der Waals surface area contributed by atoms with Crippen LogP contribution in [0.2, 0.25) is 0 Å². The van der Waals surface area contributed by atoms with Gasteiger partial charge in [-0.1, -0.05) is 25.1 Å². The van der Waals surface area contributed by atoms with Crippen LogP contribution in [0.25, 0.3) is 11.0 Å². The SMILES string of the molecule is CCCN(CCOC)Cc1oc2ccccc2c1C. The normalized spacial score (nSPS) is 11.6. The number of hydrogen-bond acceptors (Lipinski definition) is 3. The predicted octanol–water partition coefficient (Wildman–Crippen LogP) is 3.60. The summed E-state index contributed by atoms with van der Waals surface area (Å²) in [6.07, 6.45) is 1.14. The zero-order valence-electron chi connectivity index (χ0n) is 12.1. The molecule has 1 aromatic heterocycles. The van der Waals surface area contributed by atoms with E-state index < -0.39 is 0 Å². The zero-order chi connectivity index (χ0) is 13.7. The summed E-state index contributed by atoms with van der Waals surface area (Å²) >= 11 is 0. The molecule has 0 aliphatic heterocycles. The van der Waals surface area contributed by atoms with Crippen LogP contribution in [0.3, 0.4) is 0 Å². The molecule has 0 aliphatic rings. The molecule has 104 valence electrons. The predicted molar refractivity (Wildman–Crippen MR) is 78.4 cm³/mol. The maximum absolute atomic E-state index is 5.97. The van der Waals surface area contributed by atoms with Gasteiger partial charge in [0.05, 0.1) is 13.2 Å². The highest BCUT2D eigenvalue weighted by Crippen LogP contribution is 2.25. The van der Waals surface area contributed by atoms with Crippen LogP contribution in [0, 0.1) is 6.92 Å². The zero-order valence-corrected chi connectivity index (χ0v) is 12.1. The van der Waals surface area contributed by atoms with Crippen molar-refractivity contribution < 1.29 is 9.15 Å². The molecule has 0 unspecified atom stereocenters. The van der Waals surface area contributed by atoms with Gasteiger partial charge in [-0.05, 0) is 31.5 Å². The second kappa shape index (κ2) is 6.73. The van der Waals surface area contributed by atoms with E-state index >= 15 is 0 Å². The van der Waals surface area contributed by atoms with E-state index in [9.17, 15) is 0 Å². The molecule has 0 bridgehead atoms. The molecule has 2 rings (SSSR count). The van der Waals surface area contributed by atoms with Gasteiger partial charge >= 0.3 is 0 Å². The van der Waals surface area contributed by atoms with Crippen LogP contribution in [-0.4, -0.2) is 31.7 Å². The van der Waals surface area contributed by atoms with Crippen LogP contribution >= 0.6 is 0 Å². The summed E-state index contributed by atoms with van der Waals surface area (Å²) in [5.74, 6) is 1.07. The second-order valence-electron chi connectivity index (χ2n) is 4.92. The standard InChI is InChI=1S/C16H23NO2/c1-4-9-17(10-11-18-3)12-16-13(2)14-7-5-6-8-15(14)19-16/h5-8H,4,9-12H2,1-3H3. The van der Waals surface area contributed by atoms with Crippen LogP contribution < -0.4 is 0 Å². The molecule has 0 aliphatic carbocycles. The minimum absolute atomic E-state index is 0.763. The molecule has 0 fully saturated rings. The Labute approximate surface area is 115 Å². The van der Waals surface area contributed by atoms with Crippen LogP contribution in [0.5, 0.6) is 0 Å². The highest BCUT2D eigenvalue weighted by Gasteiger charge is 2.13. The lowest BCUT2D eigenvalue weighted by Gasteiger charge is -2.20. The van der Waals surface area contributed by atoms with Crippen molar-refractivity contribution in [3.05, 3.63) is 35.6 Å². The smallest absolute Gasteiger partial charge is 0.134 e. The van der Waals surface area contributed by atoms with Crippen molar-refractivity contribution in [2.75, 3.05) is 26.8 Å². The van der Waals surface area contributed by atoms with E-state index in [0.29, 0.717) is 0 Å². The third-order valence-electron chi connectivity index (χ3n) is 3.46. The molecular formula is C16H23NO2. The van der Waals surface area contributed by atoms with Gasteiger partial charge in [-0.15, -0.1) is 0 Å². The average Bonchev–Trinajstić information content (AvgIpc) is 2.74. The van der Waals surface area contributed by atoms with E-state index in [1.807, 2.05) is 12.1 Å². The first kappa shape index (κ1) is 14.1. The molecule has 0 spiro atoms. The number of methoxy groups -OCH3 is 1. The fraction of sp³-hybridized carbons (Fsp3) is 0.500. The molecule has 3 heteroatoms. The maximum Gasteiger partial charge on any atom is 0.134 e. The molecule has 0 radical (unpaired) electrons. The number of nitrogens with zero attached hydrogens (tertiary/aromatic N) is 1. The molecule has 0 atom stereocenters. The van der Waals surface area contributed by atoms with E-state index in [1.54, 1.807) is 7.11 Å². The van der Waals surface area contributed by atoms with Crippen molar-refractivity contribution in [3.63, 3.8) is 0 Å². The van der Waals surface area contributed by atoms with Gasteiger partial charge in [-0.3, -0.25) is 4.90 Å². The van der Waals surface area contributed by atoms with Gasteiger partial charge in [0.2, 0.25) is 0 Å². The van der Waals surface area contributed by atoms with Crippen molar-refractivity contribution in [2.24, 2.45) is 0 Å². The Morgan fingerprint density at radius 3 is 2.68 bits per heavy atom. The quantitative estimate of drug-likeness (QED) is 0.761. The Balaban J connectivity index is 2.16. The number of aryl methyl sites for hydroxylation is 1. The molecule has 1 aromatic carbocycles. The molecule has 0 N–H and O–H groups in total. The van der Waals surface area contributed by atoms with E-state index in [-0.39, 0.29) is 0 Å². The summed E-state index contributed by atoms with van der Waals surface area (Å²) in [5, 5.41) is 1.22. The van der Waals surface area contributed by atoms with Gasteiger partial charge in [-0.25, -0.2) is 0 Å². The average molecular weight is 261 g/mol. The van der Waals surface area contributed by atoms with Crippen molar-refractivity contribution >= 4 is 11.0 Å². The molecule has 3 nitrogen and oxygen atoms in total. The van der Waals surface area contributed by atoms with Crippen LogP contribution in [0.15, 0.2) is 28.7 Å². The van der Waals surface area contributed by atoms with Crippen molar-refractivity contribution in [2.45, 2.75) is 26.8 Å². The Morgan fingerprint density at radius 1 is 1.21 bits per heavy atom. The van der Waals surface area contributed by atoms with Crippen LogP contribution in [0.1, 0.15) is 24.7 Å². The van der Waals surface area contributed by atoms with Crippen molar-refractivity contribution in [1.29, 1.82) is 0 Å². The monoisotopic (exact) mass is 261 g/mol. The Hall–Kier alpha value is -1.32. The highest BCUT2D eigenvalue weighted by atomic mass is 16.5. The lowest BCUT2D eigenvalue weighted by Crippen LogP contribution is -2.27. The first-order chi connectivity index (χ1) is 9.26. The topological polar surface area (TPSA) is 25.6 Å². The Bertz CT molecular complexity index is 518. The molecule has 0 saturated heterocycles. The van der Waals surface area contributed by atoms with E-state index in [0.717, 1.165) is 44.0 Å². The fourth-order valence-electron chi connectivity index (χ4n) is 2.39. The summed E-state index contributed by atoms with van der Waals surface area (Å²) in [6, 6.07) is 8.23. The van der Waals surface area contributed by atoms with E-state index in [2.05, 4.69) is 30.9 Å². The third-order valence-corrected chi connectivity index (χ3v) is 3.46. The minimum Gasteiger partial charge on any atom is -0.459 e. The second-order valence-corrected chi connectivity index (χ2v) is 4.92. The van der Waals surface area contributed by atoms with Crippen LogP contribution in [0.4, 0.5) is 0 Å². The largest absolute Gasteiger partial charge is 0.459 e. The van der Waals surface area contributed by atoms with Crippen LogP contribution in [-0.2, 0) is 11.3 Å². The highest BCUT2D eigenvalue weighted by molar-refractivity contribution is 5.81. The molecule has 1 heterocycles. The summed E-state index contributed by atoms with van der Waals surface area (Å²) < 4.78 is 11.1. The van der Waals surface area contributed by atoms with Gasteiger partial charge in [0, 0.05) is 19.0 Å². The van der Waals surface area contributed by atoms with E-state index in [1.165, 1.54) is 10.9 Å². The molecule has 0 saturated carbocycles. The third kappa shape index (κ3) is 3.37. The first-order valence-corrected chi connectivity index (χ1v) is 6.94. The van der Waals surface area contributed by atoms with Gasteiger partial charge in [-0.2, -0.15) is 0 Å². The number of fused-ring (bicyclic) bond motifs is 1. The number of para-hydroxylation sites is 1.